The molecular formula is C23H25N5O6. The normalized spacial score (nSPS) is 15.1. The van der Waals surface area contributed by atoms with Gasteiger partial charge in [-0.3, -0.25) is 14.7 Å². The summed E-state index contributed by atoms with van der Waals surface area (Å²) < 4.78 is 6.94. The van der Waals surface area contributed by atoms with Gasteiger partial charge in [-0.1, -0.05) is 0 Å². The van der Waals surface area contributed by atoms with Gasteiger partial charge in [0.1, 0.15) is 17.3 Å². The third-order valence-electron chi connectivity index (χ3n) is 5.67. The quantitative estimate of drug-likeness (QED) is 0.451. The van der Waals surface area contributed by atoms with Crippen molar-refractivity contribution in [2.24, 2.45) is 0 Å². The van der Waals surface area contributed by atoms with Gasteiger partial charge < -0.3 is 25.2 Å². The number of likely N-dealkylation sites (tertiary alicyclic amines) is 1. The number of anilines is 1. The first-order chi connectivity index (χ1) is 16.2. The van der Waals surface area contributed by atoms with E-state index in [9.17, 15) is 24.6 Å². The van der Waals surface area contributed by atoms with E-state index in [0.29, 0.717) is 48.3 Å². The smallest absolute Gasteiger partial charge is 0.415 e. The maximum atomic E-state index is 12.3. The third-order valence-corrected chi connectivity index (χ3v) is 5.67. The minimum absolute atomic E-state index is 0.166. The number of hydrogen-bond acceptors (Lipinski definition) is 6. The molecule has 1 aliphatic rings. The highest BCUT2D eigenvalue weighted by atomic mass is 16.5. The largest absolute Gasteiger partial charge is 0.464 e. The molecule has 1 saturated heterocycles. The number of piperidine rings is 1. The molecule has 0 saturated carbocycles. The molecule has 34 heavy (non-hydrogen) atoms. The summed E-state index contributed by atoms with van der Waals surface area (Å²) in [5, 5.41) is 25.0. The van der Waals surface area contributed by atoms with Crippen LogP contribution in [0.5, 0.6) is 11.5 Å². The van der Waals surface area contributed by atoms with Crippen molar-refractivity contribution < 1.29 is 29.3 Å². The Hall–Kier alpha value is -4.12. The van der Waals surface area contributed by atoms with E-state index in [1.54, 1.807) is 42.2 Å². The first kappa shape index (κ1) is 23.1. The van der Waals surface area contributed by atoms with Gasteiger partial charge in [0.05, 0.1) is 17.7 Å². The van der Waals surface area contributed by atoms with Gasteiger partial charge >= 0.3 is 12.1 Å². The zero-order chi connectivity index (χ0) is 24.3. The second-order valence-corrected chi connectivity index (χ2v) is 8.35. The van der Waals surface area contributed by atoms with Gasteiger partial charge in [0.15, 0.2) is 0 Å². The van der Waals surface area contributed by atoms with E-state index in [-0.39, 0.29) is 18.3 Å². The van der Waals surface area contributed by atoms with Gasteiger partial charge in [0, 0.05) is 36.9 Å². The van der Waals surface area contributed by atoms with E-state index in [1.807, 2.05) is 0 Å². The number of rotatable bonds is 5. The third kappa shape index (κ3) is 5.44. The molecule has 0 aliphatic carbocycles. The number of nitrogens with one attached hydrogen (secondary N) is 2. The lowest BCUT2D eigenvalue weighted by Gasteiger charge is -2.35. The number of hydrogen-bond donors (Lipinski definition) is 4. The van der Waals surface area contributed by atoms with Gasteiger partial charge in [0.25, 0.3) is 0 Å². The molecule has 0 radical (unpaired) electrons. The number of pyridine rings is 1. The van der Waals surface area contributed by atoms with E-state index < -0.39 is 17.7 Å². The molecule has 0 unspecified atom stereocenters. The van der Waals surface area contributed by atoms with Crippen molar-refractivity contribution in [2.75, 3.05) is 25.0 Å². The fourth-order valence-corrected chi connectivity index (χ4v) is 3.70. The standard InChI is InChI=1S/C23H25N5O6/c1-23(33)6-10-27(11-7-23)20(29)14-25-21(30)26-19-13-17(4-8-24-19)34-16-2-3-18-15(12-16)5-9-28(18)22(31)32/h2-5,8-9,12-13,33H,6-7,10-11,14H2,1H3,(H,31,32)(H2,24,25,26,30). The monoisotopic (exact) mass is 467 g/mol. The second kappa shape index (κ2) is 9.40. The summed E-state index contributed by atoms with van der Waals surface area (Å²) in [6.45, 7) is 2.48. The molecule has 4 rings (SSSR count). The zero-order valence-electron chi connectivity index (χ0n) is 18.5. The molecule has 0 bridgehead atoms. The Balaban J connectivity index is 1.32. The Morgan fingerprint density at radius 3 is 2.59 bits per heavy atom. The van der Waals surface area contributed by atoms with Crippen LogP contribution in [0, 0.1) is 0 Å². The number of fused-ring (bicyclic) bond motifs is 1. The molecule has 178 valence electrons. The van der Waals surface area contributed by atoms with E-state index >= 15 is 0 Å². The van der Waals surface area contributed by atoms with Crippen LogP contribution in [0.15, 0.2) is 48.8 Å². The van der Waals surface area contributed by atoms with Crippen molar-refractivity contribution in [3.05, 3.63) is 48.8 Å². The Kier molecular flexibility index (Phi) is 6.37. The van der Waals surface area contributed by atoms with Crippen LogP contribution in [0.2, 0.25) is 0 Å². The van der Waals surface area contributed by atoms with Crippen molar-refractivity contribution in [1.29, 1.82) is 0 Å². The average molecular weight is 467 g/mol. The van der Waals surface area contributed by atoms with Crippen molar-refractivity contribution in [3.8, 4) is 11.5 Å². The number of urea groups is 1. The lowest BCUT2D eigenvalue weighted by Crippen LogP contribution is -2.48. The highest BCUT2D eigenvalue weighted by Gasteiger charge is 2.29. The number of carbonyl (C=O) groups is 3. The van der Waals surface area contributed by atoms with Crippen LogP contribution in [-0.2, 0) is 4.79 Å². The van der Waals surface area contributed by atoms with Crippen molar-refractivity contribution >= 4 is 34.8 Å². The fourth-order valence-electron chi connectivity index (χ4n) is 3.70. The van der Waals surface area contributed by atoms with E-state index in [0.717, 1.165) is 4.57 Å². The molecule has 2 aromatic heterocycles. The van der Waals surface area contributed by atoms with Gasteiger partial charge in [-0.05, 0) is 50.1 Å². The lowest BCUT2D eigenvalue weighted by molar-refractivity contribution is -0.133. The average Bonchev–Trinajstić information content (AvgIpc) is 3.21. The predicted molar refractivity (Wildman–Crippen MR) is 123 cm³/mol. The van der Waals surface area contributed by atoms with Crippen LogP contribution in [0.1, 0.15) is 19.8 Å². The van der Waals surface area contributed by atoms with E-state index in [2.05, 4.69) is 15.6 Å². The Labute approximate surface area is 194 Å². The first-order valence-corrected chi connectivity index (χ1v) is 10.7. The summed E-state index contributed by atoms with van der Waals surface area (Å²) in [6.07, 6.45) is 2.86. The molecule has 4 N–H and O–H groups in total. The van der Waals surface area contributed by atoms with Gasteiger partial charge in [0.2, 0.25) is 5.91 Å². The zero-order valence-corrected chi connectivity index (χ0v) is 18.5. The van der Waals surface area contributed by atoms with Crippen molar-refractivity contribution in [2.45, 2.75) is 25.4 Å². The maximum absolute atomic E-state index is 12.3. The Morgan fingerprint density at radius 1 is 1.12 bits per heavy atom. The molecule has 3 amide bonds. The number of amides is 3. The van der Waals surface area contributed by atoms with E-state index in [1.165, 1.54) is 18.5 Å². The van der Waals surface area contributed by atoms with Crippen LogP contribution in [0.3, 0.4) is 0 Å². The van der Waals surface area contributed by atoms with E-state index in [4.69, 9.17) is 4.74 Å². The number of benzene rings is 1. The SMILES string of the molecule is CC1(O)CCN(C(=O)CNC(=O)Nc2cc(Oc3ccc4c(ccn4C(=O)O)c3)ccn2)CC1. The number of carboxylic acid groups (broad SMARTS) is 1. The molecule has 3 heterocycles. The molecule has 1 aliphatic heterocycles. The van der Waals surface area contributed by atoms with Gasteiger partial charge in [-0.15, -0.1) is 0 Å². The summed E-state index contributed by atoms with van der Waals surface area (Å²) in [6, 6.07) is 9.23. The molecule has 0 atom stereocenters. The minimum Gasteiger partial charge on any atom is -0.464 e. The molecule has 3 aromatic rings. The molecule has 11 heteroatoms. The van der Waals surface area contributed by atoms with Crippen LogP contribution in [0.4, 0.5) is 15.4 Å². The van der Waals surface area contributed by atoms with Crippen LogP contribution >= 0.6 is 0 Å². The maximum Gasteiger partial charge on any atom is 0.415 e. The van der Waals surface area contributed by atoms with Crippen molar-refractivity contribution in [3.63, 3.8) is 0 Å². The summed E-state index contributed by atoms with van der Waals surface area (Å²) in [5.41, 5.74) is -0.214. The fraction of sp³-hybridized carbons (Fsp3) is 0.304. The number of aromatic nitrogens is 2. The summed E-state index contributed by atoms with van der Waals surface area (Å²) in [5.74, 6) is 0.916. The minimum atomic E-state index is -1.07. The summed E-state index contributed by atoms with van der Waals surface area (Å²) >= 11 is 0. The van der Waals surface area contributed by atoms with Gasteiger partial charge in [-0.2, -0.15) is 0 Å². The summed E-state index contributed by atoms with van der Waals surface area (Å²) in [4.78, 5) is 41.4. The molecule has 11 nitrogen and oxygen atoms in total. The number of aliphatic hydroxyl groups is 1. The van der Waals surface area contributed by atoms with Crippen LogP contribution in [-0.4, -0.2) is 67.9 Å². The number of carbonyl (C=O) groups excluding carboxylic acids is 2. The van der Waals surface area contributed by atoms with Crippen LogP contribution < -0.4 is 15.4 Å². The lowest BCUT2D eigenvalue weighted by atomic mass is 9.94. The molecule has 0 spiro atoms. The van der Waals surface area contributed by atoms with Gasteiger partial charge in [-0.25, -0.2) is 14.6 Å². The topological polar surface area (TPSA) is 146 Å². The summed E-state index contributed by atoms with van der Waals surface area (Å²) in [7, 11) is 0. The molecule has 1 fully saturated rings. The number of ether oxygens (including phenoxy) is 1. The second-order valence-electron chi connectivity index (χ2n) is 8.35. The predicted octanol–water partition coefficient (Wildman–Crippen LogP) is 2.85. The molecule has 1 aromatic carbocycles. The Morgan fingerprint density at radius 2 is 1.85 bits per heavy atom. The number of nitrogens with zero attached hydrogens (tertiary/aromatic N) is 3. The highest BCUT2D eigenvalue weighted by Crippen LogP contribution is 2.27. The Bertz CT molecular complexity index is 1230. The highest BCUT2D eigenvalue weighted by molar-refractivity contribution is 5.92. The first-order valence-electron chi connectivity index (χ1n) is 10.7. The molecular weight excluding hydrogens is 442 g/mol. The van der Waals surface area contributed by atoms with Crippen LogP contribution in [0.25, 0.3) is 10.9 Å². The van der Waals surface area contributed by atoms with Crippen molar-refractivity contribution in [1.82, 2.24) is 19.8 Å².